The summed E-state index contributed by atoms with van der Waals surface area (Å²) in [4.78, 5) is 38.0. The van der Waals surface area contributed by atoms with Crippen LogP contribution < -0.4 is 10.2 Å². The van der Waals surface area contributed by atoms with E-state index in [9.17, 15) is 14.4 Å². The average Bonchev–Trinajstić information content (AvgIpc) is 3.15. The number of hydrogen-bond acceptors (Lipinski definition) is 6. The van der Waals surface area contributed by atoms with Crippen LogP contribution in [-0.2, 0) is 16.1 Å². The van der Waals surface area contributed by atoms with Crippen LogP contribution in [0, 0.1) is 6.92 Å². The molecule has 0 fully saturated rings. The Bertz CT molecular complexity index is 796. The molecule has 1 amide bonds. The van der Waals surface area contributed by atoms with Gasteiger partial charge in [-0.3, -0.25) is 9.59 Å². The molecule has 2 N–H and O–H groups in total. The predicted molar refractivity (Wildman–Crippen MR) is 103 cm³/mol. The molecular weight excluding hydrogens is 372 g/mol. The van der Waals surface area contributed by atoms with Crippen LogP contribution in [0.4, 0.5) is 5.00 Å². The molecule has 8 heteroatoms. The van der Waals surface area contributed by atoms with Gasteiger partial charge >= 0.3 is 5.97 Å². The first kappa shape index (κ1) is 20.3. The van der Waals surface area contributed by atoms with Crippen LogP contribution in [0.3, 0.4) is 0 Å². The summed E-state index contributed by atoms with van der Waals surface area (Å²) >= 11 is 2.74. The van der Waals surface area contributed by atoms with Crippen LogP contribution >= 0.6 is 22.7 Å². The number of anilines is 1. The second-order valence-electron chi connectivity index (χ2n) is 6.03. The van der Waals surface area contributed by atoms with Gasteiger partial charge in [-0.15, -0.1) is 11.3 Å². The van der Waals surface area contributed by atoms with Gasteiger partial charge < -0.3 is 15.0 Å². The molecular formula is C18H23N2O4S2+. The number of hydrogen-bond donors (Lipinski definition) is 2. The van der Waals surface area contributed by atoms with Gasteiger partial charge in [0.05, 0.1) is 24.1 Å². The molecule has 2 aromatic rings. The zero-order valence-corrected chi connectivity index (χ0v) is 16.9. The number of esters is 1. The quantitative estimate of drug-likeness (QED) is 0.530. The van der Waals surface area contributed by atoms with Gasteiger partial charge in [0.15, 0.2) is 12.3 Å². The zero-order valence-electron chi connectivity index (χ0n) is 15.3. The standard InChI is InChI=1S/C18H22N2O4S2/c1-5-24-18(23)15-11(2)16(12(3)21)26-17(15)19-14(22)9-20(4)8-13-6-7-25-10-13/h6-7,10H,5,8-9H2,1-4H3,(H,19,22)/p+1. The van der Waals surface area contributed by atoms with Gasteiger partial charge in [-0.05, 0) is 43.2 Å². The molecule has 2 aromatic heterocycles. The maximum atomic E-state index is 12.4. The van der Waals surface area contributed by atoms with Gasteiger partial charge in [0.25, 0.3) is 5.91 Å². The fourth-order valence-corrected chi connectivity index (χ4v) is 4.41. The number of amides is 1. The number of ether oxygens (including phenoxy) is 1. The van der Waals surface area contributed by atoms with Gasteiger partial charge in [-0.2, -0.15) is 11.3 Å². The predicted octanol–water partition coefficient (Wildman–Crippen LogP) is 2.15. The molecule has 2 heterocycles. The minimum atomic E-state index is -0.525. The summed E-state index contributed by atoms with van der Waals surface area (Å²) in [5, 5.41) is 7.22. The highest BCUT2D eigenvalue weighted by atomic mass is 32.1. The van der Waals surface area contributed by atoms with Crippen molar-refractivity contribution >= 4 is 45.3 Å². The number of ketones is 1. The lowest BCUT2D eigenvalue weighted by Gasteiger charge is -2.13. The number of rotatable bonds is 8. The van der Waals surface area contributed by atoms with E-state index in [0.717, 1.165) is 22.8 Å². The zero-order chi connectivity index (χ0) is 19.3. The molecule has 0 aliphatic rings. The topological polar surface area (TPSA) is 76.9 Å². The molecule has 0 radical (unpaired) electrons. The van der Waals surface area contributed by atoms with Crippen molar-refractivity contribution in [2.24, 2.45) is 0 Å². The average molecular weight is 396 g/mol. The van der Waals surface area contributed by atoms with Crippen molar-refractivity contribution < 1.29 is 24.0 Å². The van der Waals surface area contributed by atoms with Gasteiger partial charge in [-0.1, -0.05) is 0 Å². The van der Waals surface area contributed by atoms with Crippen molar-refractivity contribution in [2.45, 2.75) is 27.3 Å². The van der Waals surface area contributed by atoms with E-state index in [0.29, 0.717) is 15.4 Å². The van der Waals surface area contributed by atoms with Crippen LogP contribution in [0.15, 0.2) is 16.8 Å². The lowest BCUT2D eigenvalue weighted by Crippen LogP contribution is -3.08. The number of thiophene rings is 2. The lowest BCUT2D eigenvalue weighted by molar-refractivity contribution is -0.885. The Balaban J connectivity index is 2.13. The van der Waals surface area contributed by atoms with Gasteiger partial charge in [0, 0.05) is 5.56 Å². The highest BCUT2D eigenvalue weighted by Crippen LogP contribution is 2.34. The molecule has 140 valence electrons. The Morgan fingerprint density at radius 2 is 2.04 bits per heavy atom. The number of Topliss-reactive ketones (excluding diaryl/α,β-unsaturated/α-hetero) is 1. The number of likely N-dealkylation sites (N-methyl/N-ethyl adjacent to an activating group) is 1. The monoisotopic (exact) mass is 395 g/mol. The van der Waals surface area contributed by atoms with Crippen molar-refractivity contribution in [3.8, 4) is 0 Å². The number of nitrogens with one attached hydrogen (secondary N) is 2. The molecule has 0 aliphatic heterocycles. The Labute approximate surface area is 160 Å². The van der Waals surface area contributed by atoms with E-state index in [1.54, 1.807) is 25.2 Å². The highest BCUT2D eigenvalue weighted by Gasteiger charge is 2.25. The minimum Gasteiger partial charge on any atom is -0.462 e. The van der Waals surface area contributed by atoms with Crippen LogP contribution in [0.1, 0.15) is 45.0 Å². The van der Waals surface area contributed by atoms with Gasteiger partial charge in [0.1, 0.15) is 11.5 Å². The third-order valence-electron chi connectivity index (χ3n) is 3.75. The lowest BCUT2D eigenvalue weighted by atomic mass is 10.1. The van der Waals surface area contributed by atoms with E-state index in [1.165, 1.54) is 12.5 Å². The Morgan fingerprint density at radius 1 is 1.31 bits per heavy atom. The summed E-state index contributed by atoms with van der Waals surface area (Å²) in [5.74, 6) is -0.874. The van der Waals surface area contributed by atoms with Crippen molar-refractivity contribution in [3.63, 3.8) is 0 Å². The second-order valence-corrected chi connectivity index (χ2v) is 7.83. The molecule has 0 aliphatic carbocycles. The second kappa shape index (κ2) is 9.07. The first-order valence-electron chi connectivity index (χ1n) is 8.27. The van der Waals surface area contributed by atoms with E-state index in [2.05, 4.69) is 10.7 Å². The fraction of sp³-hybridized carbons (Fsp3) is 0.389. The van der Waals surface area contributed by atoms with E-state index in [1.807, 2.05) is 18.5 Å². The summed E-state index contributed by atoms with van der Waals surface area (Å²) < 4.78 is 5.08. The summed E-state index contributed by atoms with van der Waals surface area (Å²) in [6.07, 6.45) is 0. The smallest absolute Gasteiger partial charge is 0.341 e. The molecule has 6 nitrogen and oxygen atoms in total. The number of quaternary nitrogens is 1. The molecule has 1 unspecified atom stereocenters. The molecule has 0 saturated carbocycles. The van der Waals surface area contributed by atoms with Crippen LogP contribution in [0.25, 0.3) is 0 Å². The summed E-state index contributed by atoms with van der Waals surface area (Å²) in [6.45, 7) is 6.08. The van der Waals surface area contributed by atoms with Crippen molar-refractivity contribution in [1.29, 1.82) is 0 Å². The molecule has 1 atom stereocenters. The third kappa shape index (κ3) is 5.00. The van der Waals surface area contributed by atoms with E-state index in [4.69, 9.17) is 4.74 Å². The van der Waals surface area contributed by atoms with Crippen LogP contribution in [0.5, 0.6) is 0 Å². The van der Waals surface area contributed by atoms with Gasteiger partial charge in [0.2, 0.25) is 0 Å². The maximum absolute atomic E-state index is 12.4. The first-order valence-corrected chi connectivity index (χ1v) is 10.0. The highest BCUT2D eigenvalue weighted by molar-refractivity contribution is 7.18. The molecule has 0 aromatic carbocycles. The van der Waals surface area contributed by atoms with E-state index in [-0.39, 0.29) is 30.4 Å². The molecule has 26 heavy (non-hydrogen) atoms. The van der Waals surface area contributed by atoms with Gasteiger partial charge in [-0.25, -0.2) is 4.79 Å². The van der Waals surface area contributed by atoms with Crippen LogP contribution in [0.2, 0.25) is 0 Å². The molecule has 2 rings (SSSR count). The summed E-state index contributed by atoms with van der Waals surface area (Å²) in [6, 6.07) is 2.03. The molecule has 0 spiro atoms. The van der Waals surface area contributed by atoms with Crippen molar-refractivity contribution in [2.75, 3.05) is 25.5 Å². The Hall–Kier alpha value is -2.03. The number of carbonyl (C=O) groups is 3. The van der Waals surface area contributed by atoms with Crippen LogP contribution in [-0.4, -0.2) is 37.9 Å². The maximum Gasteiger partial charge on any atom is 0.341 e. The SMILES string of the molecule is CCOC(=O)c1c(NC(=O)C[NH+](C)Cc2ccsc2)sc(C(C)=O)c1C. The first-order chi connectivity index (χ1) is 12.3. The fourth-order valence-electron chi connectivity index (χ4n) is 2.64. The third-order valence-corrected chi connectivity index (χ3v) is 5.79. The Morgan fingerprint density at radius 3 is 2.62 bits per heavy atom. The van der Waals surface area contributed by atoms with Crippen molar-refractivity contribution in [1.82, 2.24) is 0 Å². The molecule has 0 bridgehead atoms. The minimum absolute atomic E-state index is 0.140. The van der Waals surface area contributed by atoms with E-state index < -0.39 is 5.97 Å². The molecule has 0 saturated heterocycles. The normalized spacial score (nSPS) is 11.8. The summed E-state index contributed by atoms with van der Waals surface area (Å²) in [7, 11) is 1.93. The van der Waals surface area contributed by atoms with E-state index >= 15 is 0 Å². The largest absolute Gasteiger partial charge is 0.462 e. The number of carbonyl (C=O) groups excluding carboxylic acids is 3. The Kier molecular flexibility index (Phi) is 7.07. The van der Waals surface area contributed by atoms with Crippen molar-refractivity contribution in [3.05, 3.63) is 38.4 Å². The summed E-state index contributed by atoms with van der Waals surface area (Å²) in [5.41, 5.74) is 2.00.